The molecule has 1 amide bonds. The minimum atomic E-state index is -0.403. The fourth-order valence-corrected chi connectivity index (χ4v) is 1.61. The molecule has 0 aromatic rings. The summed E-state index contributed by atoms with van der Waals surface area (Å²) < 4.78 is 0. The van der Waals surface area contributed by atoms with Gasteiger partial charge in [0.15, 0.2) is 0 Å². The molecule has 4 nitrogen and oxygen atoms in total. The smallest absolute Gasteiger partial charge is 0.226 e. The van der Waals surface area contributed by atoms with E-state index in [1.54, 1.807) is 7.05 Å². The molecule has 0 saturated heterocycles. The van der Waals surface area contributed by atoms with E-state index in [-0.39, 0.29) is 11.3 Å². The molecule has 0 rings (SSSR count). The van der Waals surface area contributed by atoms with E-state index in [0.29, 0.717) is 13.0 Å². The molecular formula is C13H25N3O. The molecule has 0 heterocycles. The van der Waals surface area contributed by atoms with Gasteiger partial charge in [0.1, 0.15) is 0 Å². The van der Waals surface area contributed by atoms with Crippen LogP contribution in [-0.4, -0.2) is 26.0 Å². The van der Waals surface area contributed by atoms with Crippen LogP contribution in [0.1, 0.15) is 40.5 Å². The van der Waals surface area contributed by atoms with Crippen LogP contribution >= 0.6 is 0 Å². The first-order chi connectivity index (χ1) is 7.75. The van der Waals surface area contributed by atoms with Gasteiger partial charge in [-0.15, -0.1) is 0 Å². The fourth-order valence-electron chi connectivity index (χ4n) is 1.61. The number of hydrogen-bond donors (Lipinski definition) is 2. The van der Waals surface area contributed by atoms with Gasteiger partial charge in [0, 0.05) is 26.6 Å². The zero-order chi connectivity index (χ0) is 13.5. The SMILES string of the molecule is CNC(=O)C(C)(C)CNCC(C)(C)CCC#N. The van der Waals surface area contributed by atoms with Gasteiger partial charge in [-0.3, -0.25) is 4.79 Å². The maximum Gasteiger partial charge on any atom is 0.226 e. The van der Waals surface area contributed by atoms with Gasteiger partial charge in [0.2, 0.25) is 5.91 Å². The van der Waals surface area contributed by atoms with Crippen molar-refractivity contribution in [3.63, 3.8) is 0 Å². The van der Waals surface area contributed by atoms with Crippen LogP contribution in [0.15, 0.2) is 0 Å². The Labute approximate surface area is 105 Å². The molecule has 0 radical (unpaired) electrons. The van der Waals surface area contributed by atoms with Gasteiger partial charge in [0.25, 0.3) is 0 Å². The van der Waals surface area contributed by atoms with Crippen molar-refractivity contribution >= 4 is 5.91 Å². The van der Waals surface area contributed by atoms with E-state index in [9.17, 15) is 4.79 Å². The largest absolute Gasteiger partial charge is 0.359 e. The Morgan fingerprint density at radius 1 is 1.24 bits per heavy atom. The lowest BCUT2D eigenvalue weighted by Gasteiger charge is -2.28. The standard InChI is InChI=1S/C13H25N3O/c1-12(2,7-6-8-14)9-16-10-13(3,4)11(17)15-5/h16H,6-7,9-10H2,1-5H3,(H,15,17). The van der Waals surface area contributed by atoms with Crippen molar-refractivity contribution in [3.05, 3.63) is 0 Å². The molecule has 0 unspecified atom stereocenters. The number of nitriles is 1. The van der Waals surface area contributed by atoms with Crippen molar-refractivity contribution in [2.75, 3.05) is 20.1 Å². The topological polar surface area (TPSA) is 64.9 Å². The lowest BCUT2D eigenvalue weighted by Crippen LogP contribution is -2.44. The van der Waals surface area contributed by atoms with Crippen LogP contribution in [0.2, 0.25) is 0 Å². The fraction of sp³-hybridized carbons (Fsp3) is 0.846. The minimum Gasteiger partial charge on any atom is -0.359 e. The van der Waals surface area contributed by atoms with Crippen molar-refractivity contribution in [1.82, 2.24) is 10.6 Å². The second-order valence-electron chi connectivity index (χ2n) is 5.89. The number of amides is 1. The van der Waals surface area contributed by atoms with E-state index in [2.05, 4.69) is 30.6 Å². The zero-order valence-electron chi connectivity index (χ0n) is 11.7. The van der Waals surface area contributed by atoms with Crippen molar-refractivity contribution in [2.24, 2.45) is 10.8 Å². The van der Waals surface area contributed by atoms with Crippen LogP contribution in [0, 0.1) is 22.2 Å². The monoisotopic (exact) mass is 239 g/mol. The highest BCUT2D eigenvalue weighted by Crippen LogP contribution is 2.21. The molecule has 4 heteroatoms. The minimum absolute atomic E-state index is 0.0415. The van der Waals surface area contributed by atoms with E-state index in [1.165, 1.54) is 0 Å². The average molecular weight is 239 g/mol. The summed E-state index contributed by atoms with van der Waals surface area (Å²) >= 11 is 0. The van der Waals surface area contributed by atoms with Crippen molar-refractivity contribution < 1.29 is 4.79 Å². The molecule has 0 aromatic carbocycles. The molecule has 98 valence electrons. The van der Waals surface area contributed by atoms with E-state index in [0.717, 1.165) is 13.0 Å². The van der Waals surface area contributed by atoms with Crippen molar-refractivity contribution in [1.29, 1.82) is 5.26 Å². The number of carbonyl (C=O) groups is 1. The molecule has 17 heavy (non-hydrogen) atoms. The number of hydrogen-bond acceptors (Lipinski definition) is 3. The van der Waals surface area contributed by atoms with Crippen LogP contribution in [0.4, 0.5) is 0 Å². The van der Waals surface area contributed by atoms with Gasteiger partial charge in [-0.25, -0.2) is 0 Å². The second-order valence-corrected chi connectivity index (χ2v) is 5.89. The lowest BCUT2D eigenvalue weighted by atomic mass is 9.87. The van der Waals surface area contributed by atoms with Crippen LogP contribution < -0.4 is 10.6 Å². The summed E-state index contributed by atoms with van der Waals surface area (Å²) in [4.78, 5) is 11.6. The van der Waals surface area contributed by atoms with Crippen LogP contribution in [0.25, 0.3) is 0 Å². The molecule has 0 aliphatic rings. The second kappa shape index (κ2) is 6.61. The maximum atomic E-state index is 11.6. The molecule has 0 bridgehead atoms. The molecule has 0 aliphatic heterocycles. The van der Waals surface area contributed by atoms with E-state index in [1.807, 2.05) is 13.8 Å². The average Bonchev–Trinajstić information content (AvgIpc) is 2.24. The Kier molecular flexibility index (Phi) is 6.19. The number of rotatable bonds is 7. The predicted molar refractivity (Wildman–Crippen MR) is 69.3 cm³/mol. The Balaban J connectivity index is 4.06. The highest BCUT2D eigenvalue weighted by Gasteiger charge is 2.27. The van der Waals surface area contributed by atoms with E-state index < -0.39 is 5.41 Å². The van der Waals surface area contributed by atoms with Crippen molar-refractivity contribution in [3.8, 4) is 6.07 Å². The number of nitrogens with one attached hydrogen (secondary N) is 2. The summed E-state index contributed by atoms with van der Waals surface area (Å²) in [6.45, 7) is 9.55. The lowest BCUT2D eigenvalue weighted by molar-refractivity contribution is -0.128. The summed E-state index contributed by atoms with van der Waals surface area (Å²) in [5.41, 5.74) is -0.311. The van der Waals surface area contributed by atoms with Gasteiger partial charge in [-0.2, -0.15) is 5.26 Å². The normalized spacial score (nSPS) is 12.0. The molecule has 2 N–H and O–H groups in total. The highest BCUT2D eigenvalue weighted by atomic mass is 16.2. The van der Waals surface area contributed by atoms with Crippen molar-refractivity contribution in [2.45, 2.75) is 40.5 Å². The molecule has 0 saturated carbocycles. The zero-order valence-corrected chi connectivity index (χ0v) is 11.7. The predicted octanol–water partition coefficient (Wildman–Crippen LogP) is 1.68. The molecule has 0 aliphatic carbocycles. The van der Waals surface area contributed by atoms with E-state index in [4.69, 9.17) is 5.26 Å². The number of carbonyl (C=O) groups excluding carboxylic acids is 1. The molecular weight excluding hydrogens is 214 g/mol. The quantitative estimate of drug-likeness (QED) is 0.710. The van der Waals surface area contributed by atoms with Gasteiger partial charge in [-0.05, 0) is 25.7 Å². The maximum absolute atomic E-state index is 11.6. The summed E-state index contributed by atoms with van der Waals surface area (Å²) in [7, 11) is 1.65. The third-order valence-electron chi connectivity index (χ3n) is 2.93. The number of nitrogens with zero attached hydrogens (tertiary/aromatic N) is 1. The summed E-state index contributed by atoms with van der Waals surface area (Å²) in [5, 5.41) is 14.6. The Hall–Kier alpha value is -1.08. The van der Waals surface area contributed by atoms with Gasteiger partial charge in [0.05, 0.1) is 11.5 Å². The third-order valence-corrected chi connectivity index (χ3v) is 2.93. The Morgan fingerprint density at radius 3 is 2.29 bits per heavy atom. The van der Waals surface area contributed by atoms with Gasteiger partial charge >= 0.3 is 0 Å². The molecule has 0 spiro atoms. The first-order valence-corrected chi connectivity index (χ1v) is 6.05. The summed E-state index contributed by atoms with van der Waals surface area (Å²) in [6, 6.07) is 2.17. The molecule has 0 aromatic heterocycles. The van der Waals surface area contributed by atoms with E-state index >= 15 is 0 Å². The van der Waals surface area contributed by atoms with Gasteiger partial charge in [-0.1, -0.05) is 13.8 Å². The first kappa shape index (κ1) is 15.9. The highest BCUT2D eigenvalue weighted by molar-refractivity contribution is 5.81. The Morgan fingerprint density at radius 2 is 1.82 bits per heavy atom. The summed E-state index contributed by atoms with van der Waals surface area (Å²) in [5.74, 6) is 0.0415. The van der Waals surface area contributed by atoms with Crippen LogP contribution in [-0.2, 0) is 4.79 Å². The Bertz CT molecular complexity index is 290. The van der Waals surface area contributed by atoms with Crippen LogP contribution in [0.3, 0.4) is 0 Å². The van der Waals surface area contributed by atoms with Crippen LogP contribution in [0.5, 0.6) is 0 Å². The molecule has 0 fully saturated rings. The molecule has 0 atom stereocenters. The summed E-state index contributed by atoms with van der Waals surface area (Å²) in [6.07, 6.45) is 1.45. The van der Waals surface area contributed by atoms with Gasteiger partial charge < -0.3 is 10.6 Å². The third kappa shape index (κ3) is 6.28. The first-order valence-electron chi connectivity index (χ1n) is 6.05.